The number of hydrogen-bond acceptors (Lipinski definition) is 4. The minimum atomic E-state index is -0.844. The molecule has 0 aliphatic carbocycles. The van der Waals surface area contributed by atoms with Gasteiger partial charge in [0.2, 0.25) is 11.8 Å². The number of carbonyl (C=O) groups is 2. The average molecular weight is 228 g/mol. The second kappa shape index (κ2) is 4.80. The van der Waals surface area contributed by atoms with Crippen molar-refractivity contribution in [3.05, 3.63) is 0 Å². The number of likely N-dealkylation sites (tertiary alicyclic amines) is 1. The molecule has 0 spiro atoms. The molecule has 0 bridgehead atoms. The molecule has 1 aliphatic rings. The molecule has 1 aliphatic heterocycles. The van der Waals surface area contributed by atoms with E-state index < -0.39 is 5.54 Å². The van der Waals surface area contributed by atoms with Gasteiger partial charge in [0.25, 0.3) is 0 Å². The third-order valence-corrected chi connectivity index (χ3v) is 2.85. The smallest absolute Gasteiger partial charge is 0.242 e. The Kier molecular flexibility index (Phi) is 3.88. The van der Waals surface area contributed by atoms with Crippen LogP contribution >= 0.6 is 0 Å². The molecule has 0 aromatic heterocycles. The van der Waals surface area contributed by atoms with Crippen LogP contribution in [0.3, 0.4) is 0 Å². The second-order valence-electron chi connectivity index (χ2n) is 4.80. The van der Waals surface area contributed by atoms with E-state index in [0.29, 0.717) is 25.9 Å². The number of hydrazine groups is 1. The van der Waals surface area contributed by atoms with Crippen molar-refractivity contribution in [1.82, 2.24) is 10.3 Å². The molecule has 2 amide bonds. The van der Waals surface area contributed by atoms with Gasteiger partial charge < -0.3 is 10.6 Å². The monoisotopic (exact) mass is 228 g/mol. The van der Waals surface area contributed by atoms with Crippen LogP contribution in [0.5, 0.6) is 0 Å². The van der Waals surface area contributed by atoms with Gasteiger partial charge in [-0.1, -0.05) is 0 Å². The predicted octanol–water partition coefficient (Wildman–Crippen LogP) is -1.05. The van der Waals surface area contributed by atoms with Crippen molar-refractivity contribution in [2.75, 3.05) is 13.1 Å². The molecule has 16 heavy (non-hydrogen) atoms. The number of carbonyl (C=O) groups excluding carboxylic acids is 2. The molecule has 1 heterocycles. The average Bonchev–Trinajstić information content (AvgIpc) is 2.26. The molecule has 0 unspecified atom stereocenters. The molecule has 0 atom stereocenters. The minimum Gasteiger partial charge on any atom is -0.341 e. The highest BCUT2D eigenvalue weighted by Gasteiger charge is 2.32. The van der Waals surface area contributed by atoms with Crippen LogP contribution in [-0.4, -0.2) is 35.3 Å². The fourth-order valence-electron chi connectivity index (χ4n) is 1.87. The standard InChI is InChI=1S/C10H20N4O2/c1-10(2,11)9(16)14-5-3-7(4-6-14)8(15)13-12/h7H,3-6,11-12H2,1-2H3,(H,13,15). The highest BCUT2D eigenvalue weighted by Crippen LogP contribution is 2.19. The molecule has 1 rings (SSSR count). The summed E-state index contributed by atoms with van der Waals surface area (Å²) in [7, 11) is 0. The third kappa shape index (κ3) is 2.93. The lowest BCUT2D eigenvalue weighted by atomic mass is 9.94. The van der Waals surface area contributed by atoms with Crippen LogP contribution in [-0.2, 0) is 9.59 Å². The number of piperidine rings is 1. The van der Waals surface area contributed by atoms with E-state index in [2.05, 4.69) is 5.43 Å². The van der Waals surface area contributed by atoms with Gasteiger partial charge in [-0.3, -0.25) is 15.0 Å². The Labute approximate surface area is 95.3 Å². The quantitative estimate of drug-likeness (QED) is 0.319. The van der Waals surface area contributed by atoms with E-state index in [1.54, 1.807) is 18.7 Å². The van der Waals surface area contributed by atoms with Crippen molar-refractivity contribution in [2.24, 2.45) is 17.5 Å². The van der Waals surface area contributed by atoms with Gasteiger partial charge in [0, 0.05) is 19.0 Å². The second-order valence-corrected chi connectivity index (χ2v) is 4.80. The van der Waals surface area contributed by atoms with Crippen LogP contribution < -0.4 is 17.0 Å². The first-order valence-corrected chi connectivity index (χ1v) is 5.45. The summed E-state index contributed by atoms with van der Waals surface area (Å²) in [6, 6.07) is 0. The first kappa shape index (κ1) is 12.9. The molecule has 1 saturated heterocycles. The van der Waals surface area contributed by atoms with Crippen LogP contribution in [0.4, 0.5) is 0 Å². The van der Waals surface area contributed by atoms with Crippen molar-refractivity contribution in [2.45, 2.75) is 32.2 Å². The zero-order valence-electron chi connectivity index (χ0n) is 9.82. The predicted molar refractivity (Wildman–Crippen MR) is 59.9 cm³/mol. The molecular formula is C10H20N4O2. The molecule has 0 saturated carbocycles. The molecule has 0 aromatic carbocycles. The lowest BCUT2D eigenvalue weighted by Gasteiger charge is -2.34. The molecule has 0 radical (unpaired) electrons. The Hall–Kier alpha value is -1.14. The Bertz CT molecular complexity index is 277. The Balaban J connectivity index is 2.49. The number of rotatable bonds is 2. The summed E-state index contributed by atoms with van der Waals surface area (Å²) in [6.45, 7) is 4.51. The van der Waals surface area contributed by atoms with Crippen molar-refractivity contribution in [1.29, 1.82) is 0 Å². The van der Waals surface area contributed by atoms with Crippen molar-refractivity contribution in [3.8, 4) is 0 Å². The van der Waals surface area contributed by atoms with Gasteiger partial charge in [0.05, 0.1) is 5.54 Å². The van der Waals surface area contributed by atoms with Gasteiger partial charge in [0.1, 0.15) is 0 Å². The maximum atomic E-state index is 11.8. The molecule has 6 nitrogen and oxygen atoms in total. The van der Waals surface area contributed by atoms with E-state index in [4.69, 9.17) is 11.6 Å². The number of amides is 2. The summed E-state index contributed by atoms with van der Waals surface area (Å²) in [5.41, 5.74) is 7.04. The van der Waals surface area contributed by atoms with Crippen LogP contribution in [0.1, 0.15) is 26.7 Å². The molecule has 6 heteroatoms. The third-order valence-electron chi connectivity index (χ3n) is 2.85. The summed E-state index contributed by atoms with van der Waals surface area (Å²) in [5.74, 6) is 4.75. The van der Waals surface area contributed by atoms with Crippen LogP contribution in [0, 0.1) is 5.92 Å². The van der Waals surface area contributed by atoms with E-state index in [1.807, 2.05) is 0 Å². The summed E-state index contributed by atoms with van der Waals surface area (Å²) in [5, 5.41) is 0. The summed E-state index contributed by atoms with van der Waals surface area (Å²) in [6.07, 6.45) is 1.29. The van der Waals surface area contributed by atoms with Gasteiger partial charge >= 0.3 is 0 Å². The Morgan fingerprint density at radius 1 is 1.31 bits per heavy atom. The maximum absolute atomic E-state index is 11.8. The highest BCUT2D eigenvalue weighted by atomic mass is 16.2. The summed E-state index contributed by atoms with van der Waals surface area (Å²) >= 11 is 0. The number of hydrogen-bond donors (Lipinski definition) is 3. The number of nitrogens with zero attached hydrogens (tertiary/aromatic N) is 1. The van der Waals surface area contributed by atoms with Gasteiger partial charge in [0.15, 0.2) is 0 Å². The molecule has 1 fully saturated rings. The Morgan fingerprint density at radius 2 is 1.81 bits per heavy atom. The number of nitrogens with one attached hydrogen (secondary N) is 1. The van der Waals surface area contributed by atoms with Gasteiger partial charge in [-0.05, 0) is 26.7 Å². The fraction of sp³-hybridized carbons (Fsp3) is 0.800. The SMILES string of the molecule is CC(C)(N)C(=O)N1CCC(C(=O)NN)CC1. The molecule has 5 N–H and O–H groups in total. The van der Waals surface area contributed by atoms with Crippen molar-refractivity contribution in [3.63, 3.8) is 0 Å². The Morgan fingerprint density at radius 3 is 2.19 bits per heavy atom. The number of nitrogens with two attached hydrogens (primary N) is 2. The zero-order valence-corrected chi connectivity index (χ0v) is 9.82. The minimum absolute atomic E-state index is 0.0703. The molecular weight excluding hydrogens is 208 g/mol. The normalized spacial score (nSPS) is 18.4. The first-order valence-electron chi connectivity index (χ1n) is 5.45. The summed E-state index contributed by atoms with van der Waals surface area (Å²) in [4.78, 5) is 24.8. The van der Waals surface area contributed by atoms with Gasteiger partial charge in [-0.2, -0.15) is 0 Å². The van der Waals surface area contributed by atoms with Crippen LogP contribution in [0.15, 0.2) is 0 Å². The van der Waals surface area contributed by atoms with E-state index in [1.165, 1.54) is 0 Å². The largest absolute Gasteiger partial charge is 0.341 e. The molecule has 0 aromatic rings. The van der Waals surface area contributed by atoms with E-state index in [9.17, 15) is 9.59 Å². The van der Waals surface area contributed by atoms with E-state index in [-0.39, 0.29) is 17.7 Å². The lowest BCUT2D eigenvalue weighted by Crippen LogP contribution is -2.54. The van der Waals surface area contributed by atoms with Crippen LogP contribution in [0.2, 0.25) is 0 Å². The van der Waals surface area contributed by atoms with E-state index in [0.717, 1.165) is 0 Å². The van der Waals surface area contributed by atoms with Crippen LogP contribution in [0.25, 0.3) is 0 Å². The van der Waals surface area contributed by atoms with Crippen molar-refractivity contribution >= 4 is 11.8 Å². The topological polar surface area (TPSA) is 101 Å². The highest BCUT2D eigenvalue weighted by molar-refractivity contribution is 5.85. The zero-order chi connectivity index (χ0) is 12.3. The van der Waals surface area contributed by atoms with Crippen molar-refractivity contribution < 1.29 is 9.59 Å². The van der Waals surface area contributed by atoms with E-state index >= 15 is 0 Å². The van der Waals surface area contributed by atoms with Gasteiger partial charge in [-0.25, -0.2) is 5.84 Å². The van der Waals surface area contributed by atoms with Gasteiger partial charge in [-0.15, -0.1) is 0 Å². The maximum Gasteiger partial charge on any atom is 0.242 e. The lowest BCUT2D eigenvalue weighted by molar-refractivity contribution is -0.139. The fourth-order valence-corrected chi connectivity index (χ4v) is 1.87. The summed E-state index contributed by atoms with van der Waals surface area (Å²) < 4.78 is 0. The molecule has 92 valence electrons. The first-order chi connectivity index (χ1) is 7.36.